The monoisotopic (exact) mass is 505 g/mol. The molecule has 11 heteroatoms. The van der Waals surface area contributed by atoms with Crippen molar-refractivity contribution < 1.29 is 28.7 Å². The fourth-order valence-corrected chi connectivity index (χ4v) is 3.08. The summed E-state index contributed by atoms with van der Waals surface area (Å²) < 4.78 is 5.16. The highest BCUT2D eigenvalue weighted by molar-refractivity contribution is 5.98. The Bertz CT molecular complexity index is 901. The second-order valence-corrected chi connectivity index (χ2v) is 9.25. The van der Waals surface area contributed by atoms with Crippen molar-refractivity contribution in [3.8, 4) is 0 Å². The number of ketones is 1. The summed E-state index contributed by atoms with van der Waals surface area (Å²) in [4.78, 5) is 60.9. The first-order valence-electron chi connectivity index (χ1n) is 12.0. The van der Waals surface area contributed by atoms with Gasteiger partial charge in [0.2, 0.25) is 17.7 Å². The molecule has 0 unspecified atom stereocenters. The fraction of sp³-hybridized carbons (Fsp3) is 0.560. The lowest BCUT2D eigenvalue weighted by Gasteiger charge is -2.25. The predicted octanol–water partition coefficient (Wildman–Crippen LogP) is 1.25. The molecule has 1 aromatic rings. The molecule has 36 heavy (non-hydrogen) atoms. The lowest BCUT2D eigenvalue weighted by atomic mass is 10.0. The largest absolute Gasteiger partial charge is 0.364 e. The smallest absolute Gasteiger partial charge is 0.312 e. The van der Waals surface area contributed by atoms with Crippen LogP contribution in [0.5, 0.6) is 0 Å². The zero-order valence-electron chi connectivity index (χ0n) is 21.7. The van der Waals surface area contributed by atoms with E-state index in [1.165, 1.54) is 0 Å². The number of rotatable bonds is 15. The molecule has 2 atom stereocenters. The SMILES string of the molecule is Cc1ccc(NC(=O)[C@H](CCCNC(N)=O)NC(=O)[C@@H](NC(=O)COCC(=O)C(C)C)C(C)C)cc1. The van der Waals surface area contributed by atoms with Crippen molar-refractivity contribution in [3.05, 3.63) is 29.8 Å². The van der Waals surface area contributed by atoms with Gasteiger partial charge in [-0.3, -0.25) is 19.2 Å². The summed E-state index contributed by atoms with van der Waals surface area (Å²) in [6.07, 6.45) is 0.606. The Balaban J connectivity index is 2.82. The number of nitrogens with one attached hydrogen (secondary N) is 4. The minimum Gasteiger partial charge on any atom is -0.364 e. The fourth-order valence-electron chi connectivity index (χ4n) is 3.08. The number of primary amides is 1. The van der Waals surface area contributed by atoms with Gasteiger partial charge in [-0.05, 0) is 37.8 Å². The number of carbonyl (C=O) groups is 5. The van der Waals surface area contributed by atoms with Crippen LogP contribution < -0.4 is 27.0 Å². The van der Waals surface area contributed by atoms with Crippen LogP contribution in [0.2, 0.25) is 0 Å². The van der Waals surface area contributed by atoms with Gasteiger partial charge in [-0.2, -0.15) is 0 Å². The Morgan fingerprint density at radius 3 is 2.11 bits per heavy atom. The van der Waals surface area contributed by atoms with Gasteiger partial charge in [0.25, 0.3) is 0 Å². The maximum Gasteiger partial charge on any atom is 0.312 e. The number of ether oxygens (including phenoxy) is 1. The Morgan fingerprint density at radius 2 is 1.56 bits per heavy atom. The van der Waals surface area contributed by atoms with Gasteiger partial charge in [-0.1, -0.05) is 45.4 Å². The molecule has 1 rings (SSSR count). The molecule has 1 aromatic carbocycles. The first-order chi connectivity index (χ1) is 16.9. The van der Waals surface area contributed by atoms with Gasteiger partial charge in [0.05, 0.1) is 0 Å². The molecule has 200 valence electrons. The van der Waals surface area contributed by atoms with Gasteiger partial charge < -0.3 is 31.7 Å². The van der Waals surface area contributed by atoms with Crippen molar-refractivity contribution in [2.24, 2.45) is 17.6 Å². The number of hydrogen-bond donors (Lipinski definition) is 5. The maximum atomic E-state index is 13.1. The van der Waals surface area contributed by atoms with Crippen LogP contribution in [0.4, 0.5) is 10.5 Å². The lowest BCUT2D eigenvalue weighted by molar-refractivity contribution is -0.135. The van der Waals surface area contributed by atoms with Gasteiger partial charge in [-0.25, -0.2) is 4.79 Å². The van der Waals surface area contributed by atoms with E-state index in [1.54, 1.807) is 39.8 Å². The highest BCUT2D eigenvalue weighted by Crippen LogP contribution is 2.11. The quantitative estimate of drug-likeness (QED) is 0.225. The predicted molar refractivity (Wildman–Crippen MR) is 136 cm³/mol. The first kappa shape index (κ1) is 30.6. The Kier molecular flexibility index (Phi) is 13.2. The van der Waals surface area contributed by atoms with E-state index in [2.05, 4.69) is 21.3 Å². The number of urea groups is 1. The average Bonchev–Trinajstić information content (AvgIpc) is 2.80. The summed E-state index contributed by atoms with van der Waals surface area (Å²) in [5.74, 6) is -2.15. The minimum atomic E-state index is -0.930. The number of Topliss-reactive ketones (excluding diaryl/α,β-unsaturated/α-hetero) is 1. The molecule has 0 radical (unpaired) electrons. The molecule has 11 nitrogen and oxygen atoms in total. The van der Waals surface area contributed by atoms with Crippen molar-refractivity contribution >= 4 is 35.2 Å². The highest BCUT2D eigenvalue weighted by atomic mass is 16.5. The van der Waals surface area contributed by atoms with Gasteiger partial charge in [0.15, 0.2) is 5.78 Å². The third-order valence-corrected chi connectivity index (χ3v) is 5.31. The highest BCUT2D eigenvalue weighted by Gasteiger charge is 2.29. The summed E-state index contributed by atoms with van der Waals surface area (Å²) in [6, 6.07) is 4.66. The molecule has 0 saturated heterocycles. The third kappa shape index (κ3) is 11.8. The molecule has 0 aliphatic carbocycles. The van der Waals surface area contributed by atoms with Crippen LogP contribution in [0.25, 0.3) is 0 Å². The molecule has 5 amide bonds. The van der Waals surface area contributed by atoms with E-state index in [1.807, 2.05) is 19.1 Å². The molecule has 0 spiro atoms. The summed E-state index contributed by atoms with van der Waals surface area (Å²) in [6.45, 7) is 8.58. The van der Waals surface area contributed by atoms with Crippen LogP contribution in [0.15, 0.2) is 24.3 Å². The van der Waals surface area contributed by atoms with Crippen molar-refractivity contribution in [1.82, 2.24) is 16.0 Å². The van der Waals surface area contributed by atoms with Crippen LogP contribution >= 0.6 is 0 Å². The summed E-state index contributed by atoms with van der Waals surface area (Å²) in [7, 11) is 0. The molecule has 0 fully saturated rings. The summed E-state index contributed by atoms with van der Waals surface area (Å²) >= 11 is 0. The van der Waals surface area contributed by atoms with Gasteiger partial charge in [0, 0.05) is 18.2 Å². The van der Waals surface area contributed by atoms with E-state index in [9.17, 15) is 24.0 Å². The average molecular weight is 506 g/mol. The normalized spacial score (nSPS) is 12.5. The number of nitrogens with two attached hydrogens (primary N) is 1. The standard InChI is InChI=1S/C25H39N5O6/c1-15(2)20(31)13-36-14-21(32)30-22(16(3)4)24(34)29-19(7-6-12-27-25(26)35)23(33)28-18-10-8-17(5)9-11-18/h8-11,15-16,19,22H,6-7,12-14H2,1-5H3,(H,28,33)(H,29,34)(H,30,32)(H3,26,27,35)/t19-,22-/m0/s1. The van der Waals surface area contributed by atoms with Crippen molar-refractivity contribution in [3.63, 3.8) is 0 Å². The van der Waals surface area contributed by atoms with E-state index in [4.69, 9.17) is 10.5 Å². The van der Waals surface area contributed by atoms with Crippen molar-refractivity contribution in [1.29, 1.82) is 0 Å². The second-order valence-electron chi connectivity index (χ2n) is 9.25. The van der Waals surface area contributed by atoms with Crippen LogP contribution in [0.1, 0.15) is 46.1 Å². The number of benzene rings is 1. The summed E-state index contributed by atoms with van der Waals surface area (Å²) in [5, 5.41) is 10.5. The Hall–Kier alpha value is -3.47. The number of amides is 5. The molecular weight excluding hydrogens is 466 g/mol. The first-order valence-corrected chi connectivity index (χ1v) is 12.0. The van der Waals surface area contributed by atoms with Gasteiger partial charge >= 0.3 is 6.03 Å². The molecule has 0 aliphatic rings. The van der Waals surface area contributed by atoms with Crippen LogP contribution in [-0.4, -0.2) is 61.4 Å². The van der Waals surface area contributed by atoms with E-state index >= 15 is 0 Å². The van der Waals surface area contributed by atoms with Crippen LogP contribution in [-0.2, 0) is 23.9 Å². The summed E-state index contributed by atoms with van der Waals surface area (Å²) in [5.41, 5.74) is 6.68. The van der Waals surface area contributed by atoms with E-state index in [0.29, 0.717) is 12.1 Å². The molecule has 0 heterocycles. The molecule has 6 N–H and O–H groups in total. The van der Waals surface area contributed by atoms with Crippen LogP contribution in [0.3, 0.4) is 0 Å². The molecule has 0 saturated carbocycles. The second kappa shape index (κ2) is 15.5. The van der Waals surface area contributed by atoms with E-state index in [0.717, 1.165) is 5.56 Å². The maximum absolute atomic E-state index is 13.1. The zero-order valence-corrected chi connectivity index (χ0v) is 21.7. The Morgan fingerprint density at radius 1 is 0.917 bits per heavy atom. The third-order valence-electron chi connectivity index (χ3n) is 5.31. The van der Waals surface area contributed by atoms with Crippen molar-refractivity contribution in [2.45, 2.75) is 59.5 Å². The van der Waals surface area contributed by atoms with E-state index < -0.39 is 35.8 Å². The molecule has 0 bridgehead atoms. The minimum absolute atomic E-state index is 0.130. The molecule has 0 aromatic heterocycles. The topological polar surface area (TPSA) is 169 Å². The Labute approximate surface area is 212 Å². The lowest BCUT2D eigenvalue weighted by Crippen LogP contribution is -2.55. The van der Waals surface area contributed by atoms with Crippen molar-refractivity contribution in [2.75, 3.05) is 25.1 Å². The number of hydrogen-bond acceptors (Lipinski definition) is 6. The van der Waals surface area contributed by atoms with E-state index in [-0.39, 0.29) is 43.8 Å². The zero-order chi connectivity index (χ0) is 27.3. The molecule has 0 aliphatic heterocycles. The number of anilines is 1. The number of aryl methyl sites for hydroxylation is 1. The molecular formula is C25H39N5O6. The number of carbonyl (C=O) groups excluding carboxylic acids is 5. The van der Waals surface area contributed by atoms with Crippen LogP contribution in [0, 0.1) is 18.8 Å². The van der Waals surface area contributed by atoms with Gasteiger partial charge in [-0.15, -0.1) is 0 Å². The van der Waals surface area contributed by atoms with Gasteiger partial charge in [0.1, 0.15) is 25.3 Å².